The second kappa shape index (κ2) is 4.98. The van der Waals surface area contributed by atoms with Crippen molar-refractivity contribution in [2.45, 2.75) is 31.4 Å². The summed E-state index contributed by atoms with van der Waals surface area (Å²) in [6.45, 7) is 2.93. The van der Waals surface area contributed by atoms with E-state index < -0.39 is 15.3 Å². The molecule has 0 spiro atoms. The molecule has 1 aliphatic rings. The molecule has 2 atom stereocenters. The quantitative estimate of drug-likeness (QED) is 0.748. The predicted molar refractivity (Wildman–Crippen MR) is 68.2 cm³/mol. The average molecular weight is 265 g/mol. The maximum atomic E-state index is 11.5. The van der Waals surface area contributed by atoms with Crippen LogP contribution in [0.3, 0.4) is 0 Å². The third-order valence-electron chi connectivity index (χ3n) is 3.27. The molecule has 0 saturated heterocycles. The van der Waals surface area contributed by atoms with Crippen LogP contribution in [0.5, 0.6) is 0 Å². The van der Waals surface area contributed by atoms with Crippen LogP contribution in [-0.2, 0) is 14.6 Å². The zero-order chi connectivity index (χ0) is 12.4. The number of rotatable bonds is 5. The Labute approximate surface area is 102 Å². The molecular weight excluding hydrogens is 246 g/mol. The Morgan fingerprint density at radius 3 is 2.62 bits per heavy atom. The molecule has 0 radical (unpaired) electrons. The first kappa shape index (κ1) is 13.9. The van der Waals surface area contributed by atoms with Gasteiger partial charge in [0.15, 0.2) is 0 Å². The molecular formula is C10H19NO3S2. The molecule has 4 nitrogen and oxygen atoms in total. The minimum Gasteiger partial charge on any atom is -0.393 e. The van der Waals surface area contributed by atoms with Crippen molar-refractivity contribution in [3.05, 3.63) is 0 Å². The zero-order valence-electron chi connectivity index (χ0n) is 9.73. The van der Waals surface area contributed by atoms with Crippen LogP contribution < -0.4 is 5.73 Å². The fourth-order valence-electron chi connectivity index (χ4n) is 2.17. The molecule has 0 amide bonds. The second-order valence-corrected chi connectivity index (χ2v) is 7.24. The minimum atomic E-state index is -3.00. The molecule has 1 rings (SSSR count). The summed E-state index contributed by atoms with van der Waals surface area (Å²) in [7, 11) is -3.00. The van der Waals surface area contributed by atoms with Gasteiger partial charge in [-0.1, -0.05) is 12.2 Å². The van der Waals surface area contributed by atoms with Crippen LogP contribution in [0.15, 0.2) is 0 Å². The van der Waals surface area contributed by atoms with Gasteiger partial charge in [-0.15, -0.1) is 0 Å². The molecule has 0 heterocycles. The fraction of sp³-hybridized carbons (Fsp3) is 0.900. The minimum absolute atomic E-state index is 0.325. The van der Waals surface area contributed by atoms with Crippen molar-refractivity contribution in [2.24, 2.45) is 11.1 Å². The molecule has 0 aromatic carbocycles. The largest absolute Gasteiger partial charge is 0.393 e. The van der Waals surface area contributed by atoms with Crippen molar-refractivity contribution < 1.29 is 13.2 Å². The van der Waals surface area contributed by atoms with Crippen LogP contribution in [0.2, 0.25) is 0 Å². The van der Waals surface area contributed by atoms with E-state index in [2.05, 4.69) is 0 Å². The van der Waals surface area contributed by atoms with Gasteiger partial charge in [-0.2, -0.15) is 0 Å². The van der Waals surface area contributed by atoms with Crippen molar-refractivity contribution in [2.75, 3.05) is 19.5 Å². The van der Waals surface area contributed by atoms with E-state index in [0.717, 1.165) is 0 Å². The molecule has 0 aromatic heterocycles. The number of hydrogen-bond acceptors (Lipinski definition) is 4. The molecule has 6 heteroatoms. The maximum absolute atomic E-state index is 11.5. The Balaban J connectivity index is 2.80. The lowest BCUT2D eigenvalue weighted by atomic mass is 9.87. The van der Waals surface area contributed by atoms with Gasteiger partial charge in [-0.25, -0.2) is 8.42 Å². The smallest absolute Gasteiger partial charge is 0.150 e. The van der Waals surface area contributed by atoms with Crippen LogP contribution in [-0.4, -0.2) is 38.1 Å². The van der Waals surface area contributed by atoms with E-state index in [1.165, 1.54) is 6.26 Å². The van der Waals surface area contributed by atoms with Crippen molar-refractivity contribution in [1.29, 1.82) is 0 Å². The van der Waals surface area contributed by atoms with Gasteiger partial charge in [0.25, 0.3) is 0 Å². The topological polar surface area (TPSA) is 69.4 Å². The van der Waals surface area contributed by atoms with Gasteiger partial charge in [0.2, 0.25) is 0 Å². The Hall–Kier alpha value is -0.200. The molecule has 0 bridgehead atoms. The van der Waals surface area contributed by atoms with Gasteiger partial charge < -0.3 is 10.5 Å². The van der Waals surface area contributed by atoms with Crippen LogP contribution >= 0.6 is 12.2 Å². The van der Waals surface area contributed by atoms with E-state index >= 15 is 0 Å². The third kappa shape index (κ3) is 2.93. The first-order valence-electron chi connectivity index (χ1n) is 5.38. The van der Waals surface area contributed by atoms with Crippen molar-refractivity contribution in [3.63, 3.8) is 0 Å². The zero-order valence-corrected chi connectivity index (χ0v) is 11.4. The van der Waals surface area contributed by atoms with Gasteiger partial charge in [-0.3, -0.25) is 0 Å². The number of nitrogens with two attached hydrogens (primary N) is 1. The lowest BCUT2D eigenvalue weighted by Crippen LogP contribution is -2.38. The lowest BCUT2D eigenvalue weighted by Gasteiger charge is -2.27. The highest BCUT2D eigenvalue weighted by atomic mass is 32.2. The lowest BCUT2D eigenvalue weighted by molar-refractivity contribution is 0.0896. The molecule has 1 aliphatic carbocycles. The van der Waals surface area contributed by atoms with E-state index in [1.54, 1.807) is 0 Å². The molecule has 1 saturated carbocycles. The highest BCUT2D eigenvalue weighted by Gasteiger charge is 2.45. The summed E-state index contributed by atoms with van der Waals surface area (Å²) >= 11 is 5.06. The van der Waals surface area contributed by atoms with Gasteiger partial charge in [0, 0.05) is 18.3 Å². The number of hydrogen-bond donors (Lipinski definition) is 1. The average Bonchev–Trinajstić information content (AvgIpc) is 2.59. The number of ether oxygens (including phenoxy) is 1. The van der Waals surface area contributed by atoms with Crippen LogP contribution in [0.1, 0.15) is 26.2 Å². The molecule has 16 heavy (non-hydrogen) atoms. The van der Waals surface area contributed by atoms with Crippen molar-refractivity contribution in [3.8, 4) is 0 Å². The van der Waals surface area contributed by atoms with E-state index in [4.69, 9.17) is 22.7 Å². The van der Waals surface area contributed by atoms with Crippen LogP contribution in [0.25, 0.3) is 0 Å². The normalized spacial score (nSPS) is 30.5. The highest BCUT2D eigenvalue weighted by Crippen LogP contribution is 2.41. The summed E-state index contributed by atoms with van der Waals surface area (Å²) in [4.78, 5) is 0.382. The first-order chi connectivity index (χ1) is 7.32. The van der Waals surface area contributed by atoms with Crippen molar-refractivity contribution in [1.82, 2.24) is 0 Å². The second-order valence-electron chi connectivity index (χ2n) is 4.48. The van der Waals surface area contributed by atoms with Crippen LogP contribution in [0.4, 0.5) is 0 Å². The van der Waals surface area contributed by atoms with Gasteiger partial charge >= 0.3 is 0 Å². The standard InChI is InChI=1S/C10H19NO3S2/c1-3-14-7-10(9(11)15)5-4-8(6-10)16(2,12)13/h8H,3-7H2,1-2H3,(H2,11,15)/t8-,10-/m0/s1. The third-order valence-corrected chi connectivity index (χ3v) is 5.32. The summed E-state index contributed by atoms with van der Waals surface area (Å²) in [5, 5.41) is -0.325. The van der Waals surface area contributed by atoms with E-state index in [-0.39, 0.29) is 5.25 Å². The summed E-state index contributed by atoms with van der Waals surface area (Å²) in [6.07, 6.45) is 3.11. The van der Waals surface area contributed by atoms with E-state index in [1.807, 2.05) is 6.92 Å². The molecule has 0 aromatic rings. The number of thiocarbonyl (C=S) groups is 1. The number of sulfone groups is 1. The maximum Gasteiger partial charge on any atom is 0.150 e. The Morgan fingerprint density at radius 2 is 2.25 bits per heavy atom. The molecule has 1 fully saturated rings. The van der Waals surface area contributed by atoms with Gasteiger partial charge in [0.1, 0.15) is 9.84 Å². The summed E-state index contributed by atoms with van der Waals surface area (Å²) in [5.41, 5.74) is 5.32. The Morgan fingerprint density at radius 1 is 1.62 bits per heavy atom. The predicted octanol–water partition coefficient (Wildman–Crippen LogP) is 0.893. The first-order valence-corrected chi connectivity index (χ1v) is 7.74. The SMILES string of the molecule is CCOC[C@]1(C(N)=S)CC[C@H](S(C)(=O)=O)C1. The highest BCUT2D eigenvalue weighted by molar-refractivity contribution is 7.91. The molecule has 0 unspecified atom stereocenters. The van der Waals surface area contributed by atoms with Crippen molar-refractivity contribution >= 4 is 27.0 Å². The van der Waals surface area contributed by atoms with E-state index in [0.29, 0.717) is 37.5 Å². The fourth-order valence-corrected chi connectivity index (χ4v) is 3.58. The summed E-state index contributed by atoms with van der Waals surface area (Å²) < 4.78 is 28.4. The van der Waals surface area contributed by atoms with Gasteiger partial charge in [-0.05, 0) is 26.2 Å². The molecule has 0 aliphatic heterocycles. The van der Waals surface area contributed by atoms with Crippen LogP contribution in [0, 0.1) is 5.41 Å². The van der Waals surface area contributed by atoms with E-state index in [9.17, 15) is 8.42 Å². The monoisotopic (exact) mass is 265 g/mol. The summed E-state index contributed by atoms with van der Waals surface area (Å²) in [6, 6.07) is 0. The molecule has 94 valence electrons. The molecule has 2 N–H and O–H groups in total. The Kier molecular flexibility index (Phi) is 4.31. The van der Waals surface area contributed by atoms with Gasteiger partial charge in [0.05, 0.1) is 16.8 Å². The Bertz CT molecular complexity index is 366. The summed E-state index contributed by atoms with van der Waals surface area (Å²) in [5.74, 6) is 0.